The second-order valence-corrected chi connectivity index (χ2v) is 2.84. The molecule has 1 aliphatic rings. The first-order valence-corrected chi connectivity index (χ1v) is 4.21. The summed E-state index contributed by atoms with van der Waals surface area (Å²) in [6, 6.07) is 0. The molecule has 0 aromatic carbocycles. The van der Waals surface area contributed by atoms with Crippen molar-refractivity contribution in [3.05, 3.63) is 0 Å². The first-order chi connectivity index (χ1) is 5.43. The summed E-state index contributed by atoms with van der Waals surface area (Å²) in [7, 11) is 0. The van der Waals surface area contributed by atoms with Gasteiger partial charge in [-0.25, -0.2) is 0 Å². The fourth-order valence-electron chi connectivity index (χ4n) is 1.31. The molecule has 0 aromatic rings. The molecule has 1 fully saturated rings. The van der Waals surface area contributed by atoms with E-state index in [2.05, 4.69) is 10.2 Å². The number of piperazine rings is 1. The summed E-state index contributed by atoms with van der Waals surface area (Å²) in [5.41, 5.74) is 0. The van der Waals surface area contributed by atoms with Crippen LogP contribution in [-0.2, 0) is 4.79 Å². The summed E-state index contributed by atoms with van der Waals surface area (Å²) in [6.45, 7) is 5.48. The Morgan fingerprint density at radius 1 is 1.36 bits per heavy atom. The molecule has 0 atom stereocenters. The van der Waals surface area contributed by atoms with Crippen LogP contribution in [0.4, 0.5) is 0 Å². The topological polar surface area (TPSA) is 32.3 Å². The lowest BCUT2D eigenvalue weighted by Crippen LogP contribution is -2.43. The van der Waals surface area contributed by atoms with Crippen molar-refractivity contribution in [3.63, 3.8) is 0 Å². The number of nitrogens with zero attached hydrogens (tertiary/aromatic N) is 1. The van der Waals surface area contributed by atoms with Gasteiger partial charge in [0.05, 0.1) is 0 Å². The zero-order valence-corrected chi connectivity index (χ0v) is 6.81. The molecule has 0 bridgehead atoms. The van der Waals surface area contributed by atoms with Gasteiger partial charge in [-0.05, 0) is 13.0 Å². The van der Waals surface area contributed by atoms with Crippen LogP contribution in [-0.4, -0.2) is 43.9 Å². The number of hydrogen-bond acceptors (Lipinski definition) is 3. The average molecular weight is 155 g/mol. The van der Waals surface area contributed by atoms with Crippen molar-refractivity contribution in [2.45, 2.75) is 12.8 Å². The van der Waals surface area contributed by atoms with Gasteiger partial charge in [-0.2, -0.15) is 0 Å². The molecular weight excluding hydrogens is 140 g/mol. The highest BCUT2D eigenvalue weighted by atomic mass is 16.1. The molecule has 1 aliphatic heterocycles. The fraction of sp³-hybridized carbons (Fsp3) is 0.875. The van der Waals surface area contributed by atoms with Crippen molar-refractivity contribution in [2.75, 3.05) is 32.7 Å². The maximum Gasteiger partial charge on any atom is 0.198 e. The van der Waals surface area contributed by atoms with E-state index in [1.165, 1.54) is 0 Å². The summed E-state index contributed by atoms with van der Waals surface area (Å²) in [4.78, 5) is 12.3. The maximum atomic E-state index is 9.89. The quantitative estimate of drug-likeness (QED) is 0.570. The number of nitrogens with one attached hydrogen (secondary N) is 1. The summed E-state index contributed by atoms with van der Waals surface area (Å²) >= 11 is 0. The van der Waals surface area contributed by atoms with Gasteiger partial charge in [0, 0.05) is 32.6 Å². The minimum absolute atomic E-state index is 0.587. The fourth-order valence-corrected chi connectivity index (χ4v) is 1.31. The van der Waals surface area contributed by atoms with Gasteiger partial charge < -0.3 is 10.2 Å². The van der Waals surface area contributed by atoms with Crippen molar-refractivity contribution in [2.24, 2.45) is 0 Å². The Bertz CT molecular complexity index is 111. The lowest BCUT2D eigenvalue weighted by Gasteiger charge is -2.26. The van der Waals surface area contributed by atoms with E-state index in [0.29, 0.717) is 6.42 Å². The first kappa shape index (κ1) is 8.68. The van der Waals surface area contributed by atoms with Crippen LogP contribution in [0.15, 0.2) is 0 Å². The highest BCUT2D eigenvalue weighted by Gasteiger charge is 2.07. The van der Waals surface area contributed by atoms with E-state index in [4.69, 9.17) is 0 Å². The van der Waals surface area contributed by atoms with Gasteiger partial charge in [0.25, 0.3) is 0 Å². The SMILES string of the molecule is O=[C]CCCN1CCNCC1. The predicted molar refractivity (Wildman–Crippen MR) is 44.2 cm³/mol. The molecule has 0 amide bonds. The molecule has 0 saturated carbocycles. The molecule has 1 heterocycles. The maximum absolute atomic E-state index is 9.89. The van der Waals surface area contributed by atoms with Gasteiger partial charge in [0.1, 0.15) is 0 Å². The third-order valence-corrected chi connectivity index (χ3v) is 1.96. The molecule has 63 valence electrons. The number of unbranched alkanes of at least 4 members (excludes halogenated alkanes) is 1. The third-order valence-electron chi connectivity index (χ3n) is 1.96. The van der Waals surface area contributed by atoms with E-state index in [-0.39, 0.29) is 0 Å². The molecule has 1 saturated heterocycles. The zero-order valence-electron chi connectivity index (χ0n) is 6.81. The highest BCUT2D eigenvalue weighted by molar-refractivity contribution is 5.50. The molecule has 1 radical (unpaired) electrons. The Morgan fingerprint density at radius 3 is 2.73 bits per heavy atom. The molecule has 1 rings (SSSR count). The van der Waals surface area contributed by atoms with Crippen LogP contribution in [0.1, 0.15) is 12.8 Å². The Labute approximate surface area is 67.8 Å². The lowest BCUT2D eigenvalue weighted by atomic mass is 10.3. The number of rotatable bonds is 4. The van der Waals surface area contributed by atoms with E-state index in [0.717, 1.165) is 39.1 Å². The van der Waals surface area contributed by atoms with Crippen LogP contribution in [0.25, 0.3) is 0 Å². The van der Waals surface area contributed by atoms with Crippen LogP contribution < -0.4 is 5.32 Å². The van der Waals surface area contributed by atoms with E-state index in [1.54, 1.807) is 0 Å². The van der Waals surface area contributed by atoms with Crippen LogP contribution in [0, 0.1) is 0 Å². The van der Waals surface area contributed by atoms with Gasteiger partial charge in [-0.3, -0.25) is 4.79 Å². The summed E-state index contributed by atoms with van der Waals surface area (Å²) in [6.07, 6.45) is 3.46. The Morgan fingerprint density at radius 2 is 2.09 bits per heavy atom. The molecule has 0 unspecified atom stereocenters. The molecule has 3 heteroatoms. The minimum atomic E-state index is 0.587. The predicted octanol–water partition coefficient (Wildman–Crippen LogP) is -0.218. The summed E-state index contributed by atoms with van der Waals surface area (Å²) in [5, 5.41) is 3.29. The molecule has 0 aromatic heterocycles. The summed E-state index contributed by atoms with van der Waals surface area (Å²) in [5.74, 6) is 0. The molecule has 0 aliphatic carbocycles. The van der Waals surface area contributed by atoms with Crippen LogP contribution in [0.2, 0.25) is 0 Å². The lowest BCUT2D eigenvalue weighted by molar-refractivity contribution is 0.239. The third kappa shape index (κ3) is 3.49. The number of hydrogen-bond donors (Lipinski definition) is 1. The van der Waals surface area contributed by atoms with E-state index in [9.17, 15) is 4.79 Å². The summed E-state index contributed by atoms with van der Waals surface area (Å²) < 4.78 is 0. The highest BCUT2D eigenvalue weighted by Crippen LogP contribution is 1.95. The van der Waals surface area contributed by atoms with Crippen molar-refractivity contribution in [1.82, 2.24) is 10.2 Å². The molecule has 3 nitrogen and oxygen atoms in total. The normalized spacial score (nSPS) is 20.0. The van der Waals surface area contributed by atoms with E-state index in [1.807, 2.05) is 6.29 Å². The second-order valence-electron chi connectivity index (χ2n) is 2.84. The second kappa shape index (κ2) is 5.27. The van der Waals surface area contributed by atoms with Crippen LogP contribution in [0.3, 0.4) is 0 Å². The van der Waals surface area contributed by atoms with Crippen molar-refractivity contribution in [1.29, 1.82) is 0 Å². The van der Waals surface area contributed by atoms with Gasteiger partial charge in [0.2, 0.25) is 0 Å². The molecular formula is C8H15N2O. The number of carbonyl (C=O) groups excluding carboxylic acids is 1. The Balaban J connectivity index is 2.00. The molecule has 11 heavy (non-hydrogen) atoms. The zero-order chi connectivity index (χ0) is 7.94. The monoisotopic (exact) mass is 155 g/mol. The van der Waals surface area contributed by atoms with Crippen molar-refractivity contribution in [3.8, 4) is 0 Å². The average Bonchev–Trinajstić information content (AvgIpc) is 2.07. The Hall–Kier alpha value is -0.410. The van der Waals surface area contributed by atoms with Gasteiger partial charge >= 0.3 is 0 Å². The molecule has 0 spiro atoms. The van der Waals surface area contributed by atoms with Crippen molar-refractivity contribution >= 4 is 6.29 Å². The van der Waals surface area contributed by atoms with Crippen LogP contribution in [0.5, 0.6) is 0 Å². The van der Waals surface area contributed by atoms with Gasteiger partial charge in [-0.1, -0.05) is 0 Å². The largest absolute Gasteiger partial charge is 0.314 e. The van der Waals surface area contributed by atoms with E-state index >= 15 is 0 Å². The standard InChI is InChI=1S/C8H15N2O/c11-8-2-1-5-10-6-3-9-4-7-10/h9H,1-7H2. The molecule has 1 N–H and O–H groups in total. The van der Waals surface area contributed by atoms with Crippen molar-refractivity contribution < 1.29 is 4.79 Å². The first-order valence-electron chi connectivity index (χ1n) is 4.21. The van der Waals surface area contributed by atoms with Gasteiger partial charge in [0.15, 0.2) is 6.29 Å². The minimum Gasteiger partial charge on any atom is -0.314 e. The van der Waals surface area contributed by atoms with Gasteiger partial charge in [-0.15, -0.1) is 0 Å². The smallest absolute Gasteiger partial charge is 0.198 e. The van der Waals surface area contributed by atoms with Crippen LogP contribution >= 0.6 is 0 Å². The van der Waals surface area contributed by atoms with E-state index < -0.39 is 0 Å². The Kier molecular flexibility index (Phi) is 4.16.